The first-order valence-electron chi connectivity index (χ1n) is 9.11. The number of nitrogens with two attached hydrogens (primary N) is 1. The first kappa shape index (κ1) is 18.1. The van der Waals surface area contributed by atoms with E-state index >= 15 is 0 Å². The lowest BCUT2D eigenvalue weighted by atomic mass is 10.1. The monoisotopic (exact) mass is 378 g/mol. The third-order valence-corrected chi connectivity index (χ3v) is 5.00. The normalized spacial score (nSPS) is 16.9. The molecule has 0 saturated carbocycles. The van der Waals surface area contributed by atoms with E-state index in [1.807, 2.05) is 38.2 Å². The number of carbonyl (C=O) groups excluding carboxylic acids is 1. The molecule has 8 heteroatoms. The Bertz CT molecular complexity index is 998. The molecule has 0 radical (unpaired) electrons. The van der Waals surface area contributed by atoms with Crippen molar-refractivity contribution in [3.63, 3.8) is 0 Å². The van der Waals surface area contributed by atoms with Gasteiger partial charge in [0.15, 0.2) is 0 Å². The minimum atomic E-state index is -0.281. The van der Waals surface area contributed by atoms with Crippen molar-refractivity contribution in [2.45, 2.75) is 13.0 Å². The highest BCUT2D eigenvalue weighted by atomic mass is 16.5. The number of ether oxygens (including phenoxy) is 1. The Kier molecular flexibility index (Phi) is 4.79. The number of pyridine rings is 2. The summed E-state index contributed by atoms with van der Waals surface area (Å²) in [5.41, 5.74) is 9.59. The Hall–Kier alpha value is -3.26. The van der Waals surface area contributed by atoms with Gasteiger partial charge in [-0.2, -0.15) is 5.10 Å². The first-order valence-corrected chi connectivity index (χ1v) is 9.11. The molecular weight excluding hydrogens is 356 g/mol. The molecule has 1 fully saturated rings. The van der Waals surface area contributed by atoms with Gasteiger partial charge in [0.1, 0.15) is 11.9 Å². The number of nitrogen functional groups attached to an aromatic ring is 1. The predicted octanol–water partition coefficient (Wildman–Crippen LogP) is 1.98. The molecule has 0 aliphatic carbocycles. The average molecular weight is 378 g/mol. The van der Waals surface area contributed by atoms with Gasteiger partial charge in [0.2, 0.25) is 0 Å². The molecule has 28 heavy (non-hydrogen) atoms. The molecular formula is C20H22N6O2. The topological polar surface area (TPSA) is 99.2 Å². The number of carbonyl (C=O) groups is 1. The molecule has 4 rings (SSSR count). The number of nitrogens with zero attached hydrogens (tertiary/aromatic N) is 5. The van der Waals surface area contributed by atoms with Crippen molar-refractivity contribution >= 4 is 11.7 Å². The number of anilines is 1. The van der Waals surface area contributed by atoms with Gasteiger partial charge in [0.05, 0.1) is 36.3 Å². The second kappa shape index (κ2) is 7.40. The van der Waals surface area contributed by atoms with E-state index in [1.165, 1.54) is 0 Å². The van der Waals surface area contributed by atoms with Crippen molar-refractivity contribution in [2.24, 2.45) is 7.05 Å². The Morgan fingerprint density at radius 2 is 2.11 bits per heavy atom. The van der Waals surface area contributed by atoms with Gasteiger partial charge < -0.3 is 15.4 Å². The van der Waals surface area contributed by atoms with Crippen molar-refractivity contribution < 1.29 is 9.53 Å². The maximum Gasteiger partial charge on any atom is 0.257 e. The van der Waals surface area contributed by atoms with Crippen LogP contribution in [0.4, 0.5) is 5.82 Å². The van der Waals surface area contributed by atoms with Crippen LogP contribution in [0.1, 0.15) is 27.8 Å². The predicted molar refractivity (Wildman–Crippen MR) is 104 cm³/mol. The Labute approximate surface area is 163 Å². The van der Waals surface area contributed by atoms with Crippen LogP contribution in [0.25, 0.3) is 11.3 Å². The molecule has 3 aromatic heterocycles. The molecule has 144 valence electrons. The van der Waals surface area contributed by atoms with Gasteiger partial charge in [-0.25, -0.2) is 9.97 Å². The van der Waals surface area contributed by atoms with Gasteiger partial charge in [-0.1, -0.05) is 6.07 Å². The minimum absolute atomic E-state index is 0.0298. The second-order valence-electron chi connectivity index (χ2n) is 6.80. The molecule has 1 atom stereocenters. The van der Waals surface area contributed by atoms with Crippen molar-refractivity contribution in [1.29, 1.82) is 0 Å². The minimum Gasteiger partial charge on any atom is -0.384 e. The largest absolute Gasteiger partial charge is 0.384 e. The fourth-order valence-electron chi connectivity index (χ4n) is 3.24. The molecule has 0 aromatic carbocycles. The van der Waals surface area contributed by atoms with E-state index < -0.39 is 0 Å². The van der Waals surface area contributed by atoms with Crippen molar-refractivity contribution in [2.75, 3.05) is 25.4 Å². The Morgan fingerprint density at radius 3 is 2.82 bits per heavy atom. The zero-order chi connectivity index (χ0) is 19.7. The number of aryl methyl sites for hydroxylation is 1. The van der Waals surface area contributed by atoms with Crippen molar-refractivity contribution in [3.05, 3.63) is 59.7 Å². The average Bonchev–Trinajstić information content (AvgIpc) is 3.07. The lowest BCUT2D eigenvalue weighted by Crippen LogP contribution is -2.42. The summed E-state index contributed by atoms with van der Waals surface area (Å²) in [6.07, 6.45) is 3.04. The summed E-state index contributed by atoms with van der Waals surface area (Å²) in [5.74, 6) is 0.438. The SMILES string of the molecule is Cc1c(C(=O)N2CCO[C@H](c3cccc(-c4ccc(N)nc4)n3)C2)cnn1C. The molecule has 1 aliphatic heterocycles. The van der Waals surface area contributed by atoms with Crippen LogP contribution in [0.2, 0.25) is 0 Å². The highest BCUT2D eigenvalue weighted by Gasteiger charge is 2.28. The number of rotatable bonds is 3. The van der Waals surface area contributed by atoms with Gasteiger partial charge in [0, 0.05) is 31.0 Å². The van der Waals surface area contributed by atoms with Crippen LogP contribution in [0, 0.1) is 6.92 Å². The first-order chi connectivity index (χ1) is 13.5. The van der Waals surface area contributed by atoms with Gasteiger partial charge in [0.25, 0.3) is 5.91 Å². The lowest BCUT2D eigenvalue weighted by Gasteiger charge is -2.32. The van der Waals surface area contributed by atoms with Crippen LogP contribution in [-0.4, -0.2) is 50.3 Å². The number of hydrogen-bond acceptors (Lipinski definition) is 6. The standard InChI is InChI=1S/C20H22N6O2/c1-13-15(11-23-25(13)2)20(27)26-8-9-28-18(12-26)17-5-3-4-16(24-17)14-6-7-19(21)22-10-14/h3-7,10-11,18H,8-9,12H2,1-2H3,(H2,21,22)/t18-/m0/s1. The third kappa shape index (κ3) is 3.46. The summed E-state index contributed by atoms with van der Waals surface area (Å²) >= 11 is 0. The van der Waals surface area contributed by atoms with Crippen molar-refractivity contribution in [3.8, 4) is 11.3 Å². The van der Waals surface area contributed by atoms with Crippen LogP contribution in [0.5, 0.6) is 0 Å². The molecule has 0 spiro atoms. The van der Waals surface area contributed by atoms with Crippen LogP contribution < -0.4 is 5.73 Å². The molecule has 2 N–H and O–H groups in total. The van der Waals surface area contributed by atoms with Gasteiger partial charge in [-0.05, 0) is 31.2 Å². The maximum atomic E-state index is 12.9. The summed E-state index contributed by atoms with van der Waals surface area (Å²) in [6, 6.07) is 9.40. The van der Waals surface area contributed by atoms with E-state index in [-0.39, 0.29) is 12.0 Å². The zero-order valence-electron chi connectivity index (χ0n) is 15.9. The molecule has 3 aromatic rings. The molecule has 4 heterocycles. The van der Waals surface area contributed by atoms with Crippen molar-refractivity contribution in [1.82, 2.24) is 24.6 Å². The fourth-order valence-corrected chi connectivity index (χ4v) is 3.24. The molecule has 1 amide bonds. The Balaban J connectivity index is 1.55. The quantitative estimate of drug-likeness (QED) is 0.748. The fraction of sp³-hybridized carbons (Fsp3) is 0.300. The molecule has 8 nitrogen and oxygen atoms in total. The lowest BCUT2D eigenvalue weighted by molar-refractivity contribution is -0.0247. The van der Waals surface area contributed by atoms with E-state index in [0.717, 1.165) is 22.6 Å². The van der Waals surface area contributed by atoms with Crippen LogP contribution in [0.3, 0.4) is 0 Å². The third-order valence-electron chi connectivity index (χ3n) is 5.00. The van der Waals surface area contributed by atoms with Crippen LogP contribution in [0.15, 0.2) is 42.7 Å². The van der Waals surface area contributed by atoms with Crippen LogP contribution in [-0.2, 0) is 11.8 Å². The van der Waals surface area contributed by atoms with E-state index in [1.54, 1.807) is 28.0 Å². The summed E-state index contributed by atoms with van der Waals surface area (Å²) in [5, 5.41) is 4.17. The maximum absolute atomic E-state index is 12.9. The smallest absolute Gasteiger partial charge is 0.257 e. The summed E-state index contributed by atoms with van der Waals surface area (Å²) in [6.45, 7) is 3.35. The van der Waals surface area contributed by atoms with Crippen LogP contribution >= 0.6 is 0 Å². The second-order valence-corrected chi connectivity index (χ2v) is 6.80. The van der Waals surface area contributed by atoms with E-state index in [2.05, 4.69) is 10.1 Å². The van der Waals surface area contributed by atoms with E-state index in [4.69, 9.17) is 15.5 Å². The highest BCUT2D eigenvalue weighted by molar-refractivity contribution is 5.95. The van der Waals surface area contributed by atoms with E-state index in [9.17, 15) is 4.79 Å². The van der Waals surface area contributed by atoms with Gasteiger partial charge >= 0.3 is 0 Å². The zero-order valence-corrected chi connectivity index (χ0v) is 15.9. The Morgan fingerprint density at radius 1 is 1.25 bits per heavy atom. The molecule has 1 saturated heterocycles. The summed E-state index contributed by atoms with van der Waals surface area (Å²) in [7, 11) is 1.83. The van der Waals surface area contributed by atoms with Gasteiger partial charge in [-0.3, -0.25) is 9.48 Å². The number of hydrogen-bond donors (Lipinski definition) is 1. The number of aromatic nitrogens is 4. The molecule has 0 bridgehead atoms. The summed E-state index contributed by atoms with van der Waals surface area (Å²) < 4.78 is 7.62. The van der Waals surface area contributed by atoms with Gasteiger partial charge in [-0.15, -0.1) is 0 Å². The molecule has 1 aliphatic rings. The summed E-state index contributed by atoms with van der Waals surface area (Å²) in [4.78, 5) is 23.6. The number of amides is 1. The van der Waals surface area contributed by atoms with E-state index in [0.29, 0.717) is 31.1 Å². The highest BCUT2D eigenvalue weighted by Crippen LogP contribution is 2.25. The number of morpholine rings is 1. The molecule has 0 unspecified atom stereocenters.